The van der Waals surface area contributed by atoms with Crippen LogP contribution in [-0.2, 0) is 12.0 Å². The molecule has 0 spiro atoms. The highest BCUT2D eigenvalue weighted by Crippen LogP contribution is 2.22. The van der Waals surface area contributed by atoms with Crippen molar-refractivity contribution in [1.29, 1.82) is 0 Å². The molecule has 1 aliphatic heterocycles. The molecule has 0 aromatic carbocycles. The summed E-state index contributed by atoms with van der Waals surface area (Å²) >= 11 is 0. The van der Waals surface area contributed by atoms with Gasteiger partial charge in [-0.3, -0.25) is 4.90 Å². The maximum atomic E-state index is 5.77. The number of piperidine rings is 1. The van der Waals surface area contributed by atoms with Gasteiger partial charge < -0.3 is 9.73 Å². The molecule has 108 valence electrons. The molecule has 1 atom stereocenters. The summed E-state index contributed by atoms with van der Waals surface area (Å²) in [7, 11) is 2.02. The zero-order chi connectivity index (χ0) is 13.9. The lowest BCUT2D eigenvalue weighted by Gasteiger charge is -2.31. The Kier molecular flexibility index (Phi) is 4.58. The number of nitrogens with one attached hydrogen (secondary N) is 1. The van der Waals surface area contributed by atoms with E-state index in [1.807, 2.05) is 7.05 Å². The third-order valence-electron chi connectivity index (χ3n) is 3.56. The van der Waals surface area contributed by atoms with Crippen LogP contribution in [0.1, 0.15) is 45.4 Å². The van der Waals surface area contributed by atoms with Crippen LogP contribution in [0.2, 0.25) is 0 Å². The highest BCUT2D eigenvalue weighted by Gasteiger charge is 2.24. The topological polar surface area (TPSA) is 54.2 Å². The molecule has 5 heteroatoms. The Morgan fingerprint density at radius 2 is 2.16 bits per heavy atom. The van der Waals surface area contributed by atoms with Crippen LogP contribution in [0.3, 0.4) is 0 Å². The van der Waals surface area contributed by atoms with Crippen molar-refractivity contribution in [2.75, 3.05) is 26.7 Å². The highest BCUT2D eigenvalue weighted by atomic mass is 16.4. The van der Waals surface area contributed by atoms with Gasteiger partial charge in [0.25, 0.3) is 0 Å². The zero-order valence-electron chi connectivity index (χ0n) is 12.6. The van der Waals surface area contributed by atoms with Gasteiger partial charge in [0.1, 0.15) is 0 Å². The zero-order valence-corrected chi connectivity index (χ0v) is 12.6. The summed E-state index contributed by atoms with van der Waals surface area (Å²) in [6.07, 6.45) is 2.57. The average Bonchev–Trinajstić information content (AvgIpc) is 2.78. The fourth-order valence-electron chi connectivity index (χ4n) is 2.56. The predicted octanol–water partition coefficient (Wildman–Crippen LogP) is 1.80. The monoisotopic (exact) mass is 266 g/mol. The molecular formula is C14H26N4O. The summed E-state index contributed by atoms with van der Waals surface area (Å²) in [6, 6.07) is 0. The molecule has 0 radical (unpaired) electrons. The smallest absolute Gasteiger partial charge is 0.230 e. The first-order valence-electron chi connectivity index (χ1n) is 7.19. The molecule has 2 rings (SSSR count). The molecule has 1 saturated heterocycles. The fourth-order valence-corrected chi connectivity index (χ4v) is 2.56. The van der Waals surface area contributed by atoms with E-state index in [1.54, 1.807) is 0 Å². The molecule has 0 aliphatic carbocycles. The highest BCUT2D eigenvalue weighted by molar-refractivity contribution is 4.96. The summed E-state index contributed by atoms with van der Waals surface area (Å²) in [4.78, 5) is 2.42. The third kappa shape index (κ3) is 4.01. The summed E-state index contributed by atoms with van der Waals surface area (Å²) < 4.78 is 5.77. The van der Waals surface area contributed by atoms with Crippen LogP contribution in [0.5, 0.6) is 0 Å². The number of hydrogen-bond donors (Lipinski definition) is 1. The Hall–Kier alpha value is -0.940. The van der Waals surface area contributed by atoms with Crippen LogP contribution in [-0.4, -0.2) is 41.8 Å². The van der Waals surface area contributed by atoms with E-state index >= 15 is 0 Å². The molecule has 19 heavy (non-hydrogen) atoms. The van der Waals surface area contributed by atoms with E-state index < -0.39 is 0 Å². The van der Waals surface area contributed by atoms with Crippen LogP contribution in [0.25, 0.3) is 0 Å². The first kappa shape index (κ1) is 14.5. The van der Waals surface area contributed by atoms with Gasteiger partial charge in [-0.05, 0) is 38.9 Å². The van der Waals surface area contributed by atoms with Crippen molar-refractivity contribution in [2.45, 2.75) is 45.6 Å². The van der Waals surface area contributed by atoms with Crippen molar-refractivity contribution in [3.05, 3.63) is 11.8 Å². The lowest BCUT2D eigenvalue weighted by molar-refractivity contribution is 0.152. The Balaban J connectivity index is 1.92. The molecule has 1 aromatic heterocycles. The van der Waals surface area contributed by atoms with Gasteiger partial charge in [-0.25, -0.2) is 0 Å². The molecule has 2 heterocycles. The summed E-state index contributed by atoms with van der Waals surface area (Å²) in [6.45, 7) is 10.4. The SMILES string of the molecule is CNCC1CCCN(Cc2nnc(C(C)(C)C)o2)C1. The van der Waals surface area contributed by atoms with Crippen LogP contribution >= 0.6 is 0 Å². The van der Waals surface area contributed by atoms with Crippen molar-refractivity contribution < 1.29 is 4.42 Å². The van der Waals surface area contributed by atoms with Gasteiger partial charge in [0, 0.05) is 12.0 Å². The van der Waals surface area contributed by atoms with Crippen molar-refractivity contribution in [2.24, 2.45) is 5.92 Å². The van der Waals surface area contributed by atoms with Gasteiger partial charge in [-0.15, -0.1) is 10.2 Å². The lowest BCUT2D eigenvalue weighted by atomic mass is 9.97. The minimum Gasteiger partial charge on any atom is -0.423 e. The maximum Gasteiger partial charge on any atom is 0.230 e. The molecule has 0 bridgehead atoms. The second kappa shape index (κ2) is 6.01. The molecule has 1 fully saturated rings. The van der Waals surface area contributed by atoms with Crippen LogP contribution < -0.4 is 5.32 Å². The first-order valence-corrected chi connectivity index (χ1v) is 7.19. The maximum absolute atomic E-state index is 5.77. The van der Waals surface area contributed by atoms with Crippen LogP contribution in [0.15, 0.2) is 4.42 Å². The van der Waals surface area contributed by atoms with Crippen molar-refractivity contribution in [3.8, 4) is 0 Å². The molecule has 1 unspecified atom stereocenters. The number of rotatable bonds is 4. The molecule has 1 N–H and O–H groups in total. The number of hydrogen-bond acceptors (Lipinski definition) is 5. The fraction of sp³-hybridized carbons (Fsp3) is 0.857. The van der Waals surface area contributed by atoms with E-state index in [-0.39, 0.29) is 5.41 Å². The number of aromatic nitrogens is 2. The standard InChI is InChI=1S/C14H26N4O/c1-14(2,3)13-17-16-12(19-13)10-18-7-5-6-11(9-18)8-15-4/h11,15H,5-10H2,1-4H3. The molecule has 0 saturated carbocycles. The van der Waals surface area contributed by atoms with E-state index in [9.17, 15) is 0 Å². The van der Waals surface area contributed by atoms with Crippen LogP contribution in [0.4, 0.5) is 0 Å². The Morgan fingerprint density at radius 1 is 1.37 bits per heavy atom. The largest absolute Gasteiger partial charge is 0.423 e. The second-order valence-corrected chi connectivity index (χ2v) is 6.55. The van der Waals surface area contributed by atoms with Gasteiger partial charge in [0.2, 0.25) is 11.8 Å². The van der Waals surface area contributed by atoms with E-state index in [0.29, 0.717) is 0 Å². The molecule has 1 aromatic rings. The summed E-state index contributed by atoms with van der Waals surface area (Å²) in [5.74, 6) is 2.21. The van der Waals surface area contributed by atoms with Gasteiger partial charge in [0.15, 0.2) is 0 Å². The van der Waals surface area contributed by atoms with Crippen molar-refractivity contribution in [1.82, 2.24) is 20.4 Å². The van der Waals surface area contributed by atoms with Gasteiger partial charge in [-0.1, -0.05) is 20.8 Å². The van der Waals surface area contributed by atoms with E-state index in [4.69, 9.17) is 4.42 Å². The number of nitrogens with zero attached hydrogens (tertiary/aromatic N) is 3. The average molecular weight is 266 g/mol. The van der Waals surface area contributed by atoms with Crippen molar-refractivity contribution in [3.63, 3.8) is 0 Å². The minimum absolute atomic E-state index is 0.0676. The second-order valence-electron chi connectivity index (χ2n) is 6.55. The molecule has 0 amide bonds. The summed E-state index contributed by atoms with van der Waals surface area (Å²) in [5, 5.41) is 11.6. The molecule has 5 nitrogen and oxygen atoms in total. The number of likely N-dealkylation sites (tertiary alicyclic amines) is 1. The van der Waals surface area contributed by atoms with E-state index in [2.05, 4.69) is 41.2 Å². The quantitative estimate of drug-likeness (QED) is 0.900. The Morgan fingerprint density at radius 3 is 2.79 bits per heavy atom. The normalized spacial score (nSPS) is 21.8. The lowest BCUT2D eigenvalue weighted by Crippen LogP contribution is -2.38. The summed E-state index contributed by atoms with van der Waals surface area (Å²) in [5.41, 5.74) is -0.0676. The molecule has 1 aliphatic rings. The predicted molar refractivity (Wildman–Crippen MR) is 74.9 cm³/mol. The van der Waals surface area contributed by atoms with Gasteiger partial charge in [0.05, 0.1) is 6.54 Å². The van der Waals surface area contributed by atoms with Gasteiger partial charge in [-0.2, -0.15) is 0 Å². The van der Waals surface area contributed by atoms with Crippen LogP contribution in [0, 0.1) is 5.92 Å². The first-order chi connectivity index (χ1) is 8.99. The Bertz CT molecular complexity index is 394. The van der Waals surface area contributed by atoms with E-state index in [1.165, 1.54) is 12.8 Å². The Labute approximate surface area is 115 Å². The minimum atomic E-state index is -0.0676. The van der Waals surface area contributed by atoms with E-state index in [0.717, 1.165) is 43.9 Å². The third-order valence-corrected chi connectivity index (χ3v) is 3.56. The van der Waals surface area contributed by atoms with Crippen molar-refractivity contribution >= 4 is 0 Å². The van der Waals surface area contributed by atoms with Gasteiger partial charge >= 0.3 is 0 Å². The molecular weight excluding hydrogens is 240 g/mol.